The molecule has 1 saturated heterocycles. The molecule has 0 radical (unpaired) electrons. The van der Waals surface area contributed by atoms with Crippen molar-refractivity contribution in [3.63, 3.8) is 0 Å². The van der Waals surface area contributed by atoms with Gasteiger partial charge in [0.1, 0.15) is 5.75 Å². The molecule has 6 heteroatoms. The number of para-hydroxylation sites is 1. The van der Waals surface area contributed by atoms with Crippen LogP contribution in [0.4, 0.5) is 5.69 Å². The first-order valence-corrected chi connectivity index (χ1v) is 12.9. The number of ether oxygens (including phenoxy) is 1. The molecule has 0 unspecified atom stereocenters. The number of carbonyl (C=O) groups excluding carboxylic acids is 1. The van der Waals surface area contributed by atoms with Gasteiger partial charge >= 0.3 is 0 Å². The van der Waals surface area contributed by atoms with Crippen molar-refractivity contribution in [2.75, 3.05) is 38.2 Å². The Morgan fingerprint density at radius 2 is 1.68 bits per heavy atom. The number of aromatic nitrogens is 2. The number of fused-ring (bicyclic) bond motifs is 2. The zero-order valence-corrected chi connectivity index (χ0v) is 21.1. The summed E-state index contributed by atoms with van der Waals surface area (Å²) in [5, 5.41) is 0.952. The van der Waals surface area contributed by atoms with Gasteiger partial charge in [0.05, 0.1) is 23.9 Å². The first-order valence-electron chi connectivity index (χ1n) is 12.9. The summed E-state index contributed by atoms with van der Waals surface area (Å²) in [6, 6.07) is 20.2. The minimum atomic E-state index is 0.120. The van der Waals surface area contributed by atoms with Crippen molar-refractivity contribution in [3.05, 3.63) is 95.4 Å². The van der Waals surface area contributed by atoms with Crippen molar-refractivity contribution in [1.29, 1.82) is 0 Å². The van der Waals surface area contributed by atoms with Gasteiger partial charge in [-0.1, -0.05) is 30.3 Å². The van der Waals surface area contributed by atoms with Gasteiger partial charge in [-0.05, 0) is 72.4 Å². The fourth-order valence-corrected chi connectivity index (χ4v) is 5.50. The van der Waals surface area contributed by atoms with Crippen molar-refractivity contribution < 1.29 is 9.53 Å². The average molecular weight is 491 g/mol. The van der Waals surface area contributed by atoms with Gasteiger partial charge in [0.25, 0.3) is 5.91 Å². The molecule has 1 aliphatic heterocycles. The fourth-order valence-electron chi connectivity index (χ4n) is 5.50. The number of hydrogen-bond donors (Lipinski definition) is 0. The van der Waals surface area contributed by atoms with E-state index in [0.717, 1.165) is 77.1 Å². The topological polar surface area (TPSA) is 58.6 Å². The molecule has 37 heavy (non-hydrogen) atoms. The average Bonchev–Trinajstić information content (AvgIpc) is 2.97. The second-order valence-corrected chi connectivity index (χ2v) is 9.61. The summed E-state index contributed by atoms with van der Waals surface area (Å²) in [5.41, 5.74) is 7.22. The van der Waals surface area contributed by atoms with Crippen molar-refractivity contribution in [1.82, 2.24) is 14.9 Å². The maximum absolute atomic E-state index is 14.1. The Morgan fingerprint density at radius 3 is 2.43 bits per heavy atom. The number of amides is 1. The number of nitrogens with zero attached hydrogens (tertiary/aromatic N) is 4. The second-order valence-electron chi connectivity index (χ2n) is 9.61. The highest BCUT2D eigenvalue weighted by atomic mass is 16.5. The number of rotatable bonds is 4. The number of pyridine rings is 2. The number of allylic oxidation sites excluding steroid dienone is 1. The second kappa shape index (κ2) is 10.1. The summed E-state index contributed by atoms with van der Waals surface area (Å²) in [5.74, 6) is 0.960. The summed E-state index contributed by atoms with van der Waals surface area (Å²) >= 11 is 0. The zero-order valence-electron chi connectivity index (χ0n) is 21.1. The quantitative estimate of drug-likeness (QED) is 0.379. The van der Waals surface area contributed by atoms with Crippen molar-refractivity contribution in [3.8, 4) is 5.75 Å². The van der Waals surface area contributed by atoms with E-state index >= 15 is 0 Å². The molecule has 1 aliphatic carbocycles. The molecule has 1 amide bonds. The van der Waals surface area contributed by atoms with Crippen molar-refractivity contribution in [2.24, 2.45) is 0 Å². The molecule has 2 aromatic heterocycles. The van der Waals surface area contributed by atoms with Crippen LogP contribution in [0.3, 0.4) is 0 Å². The van der Waals surface area contributed by atoms with E-state index in [4.69, 9.17) is 9.72 Å². The van der Waals surface area contributed by atoms with Gasteiger partial charge < -0.3 is 14.5 Å². The van der Waals surface area contributed by atoms with E-state index in [0.29, 0.717) is 13.1 Å². The smallest absolute Gasteiger partial charge is 0.255 e. The highest BCUT2D eigenvalue weighted by molar-refractivity contribution is 6.09. The molecule has 6 nitrogen and oxygen atoms in total. The van der Waals surface area contributed by atoms with Crippen LogP contribution in [0.1, 0.15) is 40.0 Å². The Balaban J connectivity index is 1.36. The van der Waals surface area contributed by atoms with Gasteiger partial charge in [-0.2, -0.15) is 0 Å². The van der Waals surface area contributed by atoms with Crippen LogP contribution in [-0.4, -0.2) is 54.1 Å². The van der Waals surface area contributed by atoms with Gasteiger partial charge in [-0.25, -0.2) is 4.98 Å². The largest absolute Gasteiger partial charge is 0.497 e. The minimum absolute atomic E-state index is 0.120. The molecule has 3 heterocycles. The Hall–Kier alpha value is -4.19. The molecule has 0 bridgehead atoms. The summed E-state index contributed by atoms with van der Waals surface area (Å²) < 4.78 is 5.31. The summed E-state index contributed by atoms with van der Waals surface area (Å²) in [7, 11) is 1.68. The maximum Gasteiger partial charge on any atom is 0.255 e. The van der Waals surface area contributed by atoms with Gasteiger partial charge in [0, 0.05) is 49.6 Å². The van der Waals surface area contributed by atoms with Crippen LogP contribution in [-0.2, 0) is 6.42 Å². The van der Waals surface area contributed by atoms with Crippen molar-refractivity contribution >= 4 is 34.1 Å². The van der Waals surface area contributed by atoms with Crippen LogP contribution < -0.4 is 9.64 Å². The molecule has 4 aromatic rings. The number of anilines is 1. The lowest BCUT2D eigenvalue weighted by atomic mass is 9.85. The lowest BCUT2D eigenvalue weighted by Crippen LogP contribution is -2.49. The lowest BCUT2D eigenvalue weighted by molar-refractivity contribution is 0.0747. The molecule has 0 saturated carbocycles. The lowest BCUT2D eigenvalue weighted by Gasteiger charge is -2.36. The Bertz CT molecular complexity index is 1460. The molecule has 1 fully saturated rings. The van der Waals surface area contributed by atoms with Gasteiger partial charge in [0.2, 0.25) is 0 Å². The third kappa shape index (κ3) is 4.55. The third-order valence-corrected chi connectivity index (χ3v) is 7.44. The normalized spacial score (nSPS) is 16.6. The molecular weight excluding hydrogens is 460 g/mol. The fraction of sp³-hybridized carbons (Fsp3) is 0.258. The molecule has 186 valence electrons. The minimum Gasteiger partial charge on any atom is -0.497 e. The first kappa shape index (κ1) is 23.2. The standard InChI is InChI=1S/C31H30N4O2/c1-37-25-11-9-22(10-12-25)21-23-5-4-7-27-29(26-6-2-3-8-28(26)33-30(23)27)31(36)35-19-17-34(18-20-35)24-13-15-32-16-14-24/h2-3,6,8-16,21H,4-5,7,17-20H2,1H3/b23-21+. The number of hydrogen-bond acceptors (Lipinski definition) is 5. The number of methoxy groups -OCH3 is 1. The van der Waals surface area contributed by atoms with Crippen LogP contribution in [0, 0.1) is 0 Å². The summed E-state index contributed by atoms with van der Waals surface area (Å²) in [6.07, 6.45) is 8.67. The maximum atomic E-state index is 14.1. The van der Waals surface area contributed by atoms with Crippen LogP contribution in [0.5, 0.6) is 5.75 Å². The zero-order chi connectivity index (χ0) is 25.2. The van der Waals surface area contributed by atoms with E-state index in [-0.39, 0.29) is 5.91 Å². The molecule has 6 rings (SSSR count). The van der Waals surface area contributed by atoms with Crippen LogP contribution in [0.2, 0.25) is 0 Å². The molecule has 2 aromatic carbocycles. The SMILES string of the molecule is COc1ccc(/C=C2\CCCc3c2nc2ccccc2c3C(=O)N2CCN(c3ccncc3)CC2)cc1. The van der Waals surface area contributed by atoms with E-state index in [2.05, 4.69) is 28.1 Å². The molecular formula is C31H30N4O2. The predicted molar refractivity (Wildman–Crippen MR) is 148 cm³/mol. The third-order valence-electron chi connectivity index (χ3n) is 7.44. The number of carbonyl (C=O) groups is 1. The number of piperazine rings is 1. The molecule has 2 aliphatic rings. The molecule has 0 N–H and O–H groups in total. The van der Waals surface area contributed by atoms with E-state index in [9.17, 15) is 4.79 Å². The Kier molecular flexibility index (Phi) is 6.31. The molecule has 0 atom stereocenters. The summed E-state index contributed by atoms with van der Waals surface area (Å²) in [6.45, 7) is 3.01. The van der Waals surface area contributed by atoms with E-state index in [1.54, 1.807) is 7.11 Å². The first-order chi connectivity index (χ1) is 18.2. The summed E-state index contributed by atoms with van der Waals surface area (Å²) in [4.78, 5) is 27.7. The van der Waals surface area contributed by atoms with Gasteiger partial charge in [-0.3, -0.25) is 9.78 Å². The van der Waals surface area contributed by atoms with E-state index in [1.807, 2.05) is 65.8 Å². The molecule has 0 spiro atoms. The Labute approximate surface area is 217 Å². The highest BCUT2D eigenvalue weighted by Gasteiger charge is 2.29. The predicted octanol–water partition coefficient (Wildman–Crippen LogP) is 5.48. The van der Waals surface area contributed by atoms with E-state index in [1.165, 1.54) is 5.57 Å². The van der Waals surface area contributed by atoms with E-state index < -0.39 is 0 Å². The Morgan fingerprint density at radius 1 is 0.919 bits per heavy atom. The highest BCUT2D eigenvalue weighted by Crippen LogP contribution is 2.37. The van der Waals surface area contributed by atoms with Crippen LogP contribution in [0.25, 0.3) is 22.6 Å². The van der Waals surface area contributed by atoms with Crippen molar-refractivity contribution in [2.45, 2.75) is 19.3 Å². The van der Waals surface area contributed by atoms with Crippen LogP contribution >= 0.6 is 0 Å². The van der Waals surface area contributed by atoms with Crippen LogP contribution in [0.15, 0.2) is 73.1 Å². The van der Waals surface area contributed by atoms with Gasteiger partial charge in [-0.15, -0.1) is 0 Å². The van der Waals surface area contributed by atoms with Gasteiger partial charge in [0.15, 0.2) is 0 Å². The number of benzene rings is 2. The monoisotopic (exact) mass is 490 g/mol.